The first kappa shape index (κ1) is 12.9. The fraction of sp³-hybridized carbons (Fsp3) is 0.867. The third-order valence-electron chi connectivity index (χ3n) is 4.80. The van der Waals surface area contributed by atoms with Gasteiger partial charge in [0.1, 0.15) is 6.04 Å². The first-order chi connectivity index (χ1) is 9.22. The number of methoxy groups -OCH3 is 1. The summed E-state index contributed by atoms with van der Waals surface area (Å²) in [5.41, 5.74) is 0. The quantitative estimate of drug-likeness (QED) is 0.730. The average molecular weight is 265 g/mol. The topological polar surface area (TPSA) is 46.6 Å². The fourth-order valence-electron chi connectivity index (χ4n) is 3.47. The molecule has 0 aromatic heterocycles. The summed E-state index contributed by atoms with van der Waals surface area (Å²) in [4.78, 5) is 26.5. The van der Waals surface area contributed by atoms with Crippen LogP contribution in [-0.4, -0.2) is 36.5 Å². The van der Waals surface area contributed by atoms with Gasteiger partial charge in [0.2, 0.25) is 5.91 Å². The standard InChI is InChI=1S/C15H23NO3/c1-19-15(18)12-4-2-3-9-16(12)14(17)13(10-5-6-10)11-7-8-11/h10-13H,2-9H2,1H3/t12-/m1/s1. The maximum absolute atomic E-state index is 12.8. The highest BCUT2D eigenvalue weighted by molar-refractivity contribution is 5.86. The van der Waals surface area contributed by atoms with E-state index in [9.17, 15) is 9.59 Å². The van der Waals surface area contributed by atoms with Crippen molar-refractivity contribution in [3.63, 3.8) is 0 Å². The van der Waals surface area contributed by atoms with Crippen molar-refractivity contribution in [2.45, 2.75) is 51.0 Å². The molecule has 0 unspecified atom stereocenters. The van der Waals surface area contributed by atoms with Gasteiger partial charge >= 0.3 is 5.97 Å². The molecule has 1 atom stereocenters. The number of likely N-dealkylation sites (tertiary alicyclic amines) is 1. The molecule has 3 rings (SSSR count). The van der Waals surface area contributed by atoms with E-state index in [2.05, 4.69) is 0 Å². The first-order valence-electron chi connectivity index (χ1n) is 7.60. The summed E-state index contributed by atoms with van der Waals surface area (Å²) in [6, 6.07) is -0.328. The molecule has 0 aromatic rings. The maximum atomic E-state index is 12.8. The predicted octanol–water partition coefficient (Wildman–Crippen LogP) is 1.98. The summed E-state index contributed by atoms with van der Waals surface area (Å²) in [6.45, 7) is 0.731. The molecule has 2 saturated carbocycles. The van der Waals surface area contributed by atoms with Crippen LogP contribution in [0.5, 0.6) is 0 Å². The van der Waals surface area contributed by atoms with Gasteiger partial charge in [-0.15, -0.1) is 0 Å². The highest BCUT2D eigenvalue weighted by atomic mass is 16.5. The summed E-state index contributed by atoms with van der Waals surface area (Å²) in [6.07, 6.45) is 7.59. The van der Waals surface area contributed by atoms with Crippen LogP contribution in [0, 0.1) is 17.8 Å². The molecule has 0 bridgehead atoms. The number of carbonyl (C=O) groups is 2. The van der Waals surface area contributed by atoms with Gasteiger partial charge in [-0.1, -0.05) is 0 Å². The molecule has 1 amide bonds. The number of esters is 1. The van der Waals surface area contributed by atoms with Crippen molar-refractivity contribution in [3.8, 4) is 0 Å². The molecule has 0 radical (unpaired) electrons. The summed E-state index contributed by atoms with van der Waals surface area (Å²) < 4.78 is 4.87. The minimum Gasteiger partial charge on any atom is -0.467 e. The van der Waals surface area contributed by atoms with Gasteiger partial charge in [-0.2, -0.15) is 0 Å². The number of amides is 1. The zero-order valence-electron chi connectivity index (χ0n) is 11.6. The van der Waals surface area contributed by atoms with Gasteiger partial charge in [-0.3, -0.25) is 4.79 Å². The Labute approximate surface area is 114 Å². The van der Waals surface area contributed by atoms with Gasteiger partial charge in [-0.25, -0.2) is 4.79 Å². The lowest BCUT2D eigenvalue weighted by atomic mass is 9.93. The molecule has 19 heavy (non-hydrogen) atoms. The molecular formula is C15H23NO3. The molecule has 3 fully saturated rings. The number of hydrogen-bond donors (Lipinski definition) is 0. The van der Waals surface area contributed by atoms with Gasteiger partial charge in [0, 0.05) is 12.5 Å². The molecule has 1 heterocycles. The van der Waals surface area contributed by atoms with Crippen LogP contribution in [0.1, 0.15) is 44.9 Å². The number of nitrogens with zero attached hydrogens (tertiary/aromatic N) is 1. The van der Waals surface area contributed by atoms with Crippen molar-refractivity contribution >= 4 is 11.9 Å². The predicted molar refractivity (Wildman–Crippen MR) is 70.3 cm³/mol. The Hall–Kier alpha value is -1.06. The largest absolute Gasteiger partial charge is 0.467 e. The van der Waals surface area contributed by atoms with Crippen LogP contribution in [-0.2, 0) is 14.3 Å². The summed E-state index contributed by atoms with van der Waals surface area (Å²) >= 11 is 0. The molecule has 1 saturated heterocycles. The molecular weight excluding hydrogens is 242 g/mol. The smallest absolute Gasteiger partial charge is 0.328 e. The molecule has 0 N–H and O–H groups in total. The van der Waals surface area contributed by atoms with Crippen LogP contribution in [0.3, 0.4) is 0 Å². The summed E-state index contributed by atoms with van der Waals surface area (Å²) in [5.74, 6) is 1.39. The van der Waals surface area contributed by atoms with Crippen molar-refractivity contribution in [1.82, 2.24) is 4.90 Å². The number of rotatable bonds is 4. The lowest BCUT2D eigenvalue weighted by molar-refractivity contribution is -0.157. The van der Waals surface area contributed by atoms with E-state index in [4.69, 9.17) is 4.74 Å². The average Bonchev–Trinajstić information content (AvgIpc) is 3.32. The zero-order valence-corrected chi connectivity index (χ0v) is 11.6. The van der Waals surface area contributed by atoms with Gasteiger partial charge in [0.15, 0.2) is 0 Å². The van der Waals surface area contributed by atoms with Crippen molar-refractivity contribution in [1.29, 1.82) is 0 Å². The van der Waals surface area contributed by atoms with Crippen LogP contribution in [0.2, 0.25) is 0 Å². The molecule has 2 aliphatic carbocycles. The minimum absolute atomic E-state index is 0.199. The van der Waals surface area contributed by atoms with Crippen molar-refractivity contribution < 1.29 is 14.3 Å². The Balaban J connectivity index is 1.73. The maximum Gasteiger partial charge on any atom is 0.328 e. The van der Waals surface area contributed by atoms with Crippen molar-refractivity contribution in [3.05, 3.63) is 0 Å². The van der Waals surface area contributed by atoms with Crippen LogP contribution < -0.4 is 0 Å². The second-order valence-corrected chi connectivity index (χ2v) is 6.27. The van der Waals surface area contributed by atoms with Gasteiger partial charge < -0.3 is 9.64 Å². The molecule has 0 spiro atoms. The van der Waals surface area contributed by atoms with E-state index in [1.165, 1.54) is 32.8 Å². The third kappa shape index (κ3) is 2.63. The van der Waals surface area contributed by atoms with Crippen molar-refractivity contribution in [2.24, 2.45) is 17.8 Å². The Kier molecular flexibility index (Phi) is 3.50. The second-order valence-electron chi connectivity index (χ2n) is 6.27. The summed E-state index contributed by atoms with van der Waals surface area (Å²) in [5, 5.41) is 0. The van der Waals surface area contributed by atoms with E-state index in [0.29, 0.717) is 11.8 Å². The van der Waals surface area contributed by atoms with E-state index >= 15 is 0 Å². The SMILES string of the molecule is COC(=O)[C@H]1CCCCN1C(=O)C(C1CC1)C1CC1. The van der Waals surface area contributed by atoms with Crippen LogP contribution in [0.25, 0.3) is 0 Å². The number of piperidine rings is 1. The second kappa shape index (κ2) is 5.14. The van der Waals surface area contributed by atoms with Gasteiger partial charge in [-0.05, 0) is 56.8 Å². The normalized spacial score (nSPS) is 27.5. The van der Waals surface area contributed by atoms with Crippen molar-refractivity contribution in [2.75, 3.05) is 13.7 Å². The van der Waals surface area contributed by atoms with E-state index in [0.717, 1.165) is 25.8 Å². The fourth-order valence-corrected chi connectivity index (χ4v) is 3.47. The summed E-state index contributed by atoms with van der Waals surface area (Å²) in [7, 11) is 1.42. The molecule has 1 aliphatic heterocycles. The van der Waals surface area contributed by atoms with Crippen LogP contribution in [0.4, 0.5) is 0 Å². The Bertz CT molecular complexity index is 362. The first-order valence-corrected chi connectivity index (χ1v) is 7.60. The lowest BCUT2D eigenvalue weighted by Crippen LogP contribution is -2.51. The highest BCUT2D eigenvalue weighted by Crippen LogP contribution is 2.50. The van der Waals surface area contributed by atoms with E-state index in [1.807, 2.05) is 4.90 Å². The Morgan fingerprint density at radius 3 is 2.21 bits per heavy atom. The van der Waals surface area contributed by atoms with Gasteiger partial charge in [0.05, 0.1) is 7.11 Å². The van der Waals surface area contributed by atoms with Crippen LogP contribution >= 0.6 is 0 Å². The van der Waals surface area contributed by atoms with Gasteiger partial charge in [0.25, 0.3) is 0 Å². The lowest BCUT2D eigenvalue weighted by Gasteiger charge is -2.36. The highest BCUT2D eigenvalue weighted by Gasteiger charge is 2.48. The van der Waals surface area contributed by atoms with Crippen LogP contribution in [0.15, 0.2) is 0 Å². The third-order valence-corrected chi connectivity index (χ3v) is 4.80. The molecule has 4 nitrogen and oxygen atoms in total. The Morgan fingerprint density at radius 1 is 1.05 bits per heavy atom. The molecule has 4 heteroatoms. The Morgan fingerprint density at radius 2 is 1.68 bits per heavy atom. The number of ether oxygens (including phenoxy) is 1. The van der Waals surface area contributed by atoms with E-state index in [-0.39, 0.29) is 23.8 Å². The number of carbonyl (C=O) groups excluding carboxylic acids is 2. The number of hydrogen-bond acceptors (Lipinski definition) is 3. The van der Waals surface area contributed by atoms with E-state index < -0.39 is 0 Å². The van der Waals surface area contributed by atoms with E-state index in [1.54, 1.807) is 0 Å². The monoisotopic (exact) mass is 265 g/mol. The zero-order chi connectivity index (χ0) is 13.4. The molecule has 3 aliphatic rings. The molecule has 0 aromatic carbocycles. The minimum atomic E-state index is -0.328. The molecule has 106 valence electrons.